The number of hydrogen-bond donors (Lipinski definition) is 2. The molecule has 0 fully saturated rings. The molecule has 0 spiro atoms. The van der Waals surface area contributed by atoms with E-state index in [2.05, 4.69) is 28.3 Å². The van der Waals surface area contributed by atoms with Crippen LogP contribution < -0.4 is 10.6 Å². The van der Waals surface area contributed by atoms with Gasteiger partial charge in [-0.1, -0.05) is 6.07 Å². The van der Waals surface area contributed by atoms with Gasteiger partial charge in [-0.2, -0.15) is 0 Å². The van der Waals surface area contributed by atoms with Crippen molar-refractivity contribution in [3.63, 3.8) is 0 Å². The second-order valence-corrected chi connectivity index (χ2v) is 4.94. The van der Waals surface area contributed by atoms with Gasteiger partial charge in [-0.05, 0) is 30.5 Å². The Bertz CT molecular complexity index is 522. The molecule has 2 aromatic heterocycles. The summed E-state index contributed by atoms with van der Waals surface area (Å²) in [5.41, 5.74) is 6.21. The van der Waals surface area contributed by atoms with Crippen LogP contribution >= 0.6 is 11.3 Å². The molecule has 0 unspecified atom stereocenters. The van der Waals surface area contributed by atoms with Crippen molar-refractivity contribution >= 4 is 23.0 Å². The molecule has 0 bridgehead atoms. The highest BCUT2D eigenvalue weighted by Gasteiger charge is 2.08. The van der Waals surface area contributed by atoms with E-state index in [0.29, 0.717) is 5.56 Å². The first-order valence-electron chi connectivity index (χ1n) is 5.78. The third-order valence-corrected chi connectivity index (χ3v) is 3.55. The van der Waals surface area contributed by atoms with E-state index >= 15 is 0 Å². The average Bonchev–Trinajstić information content (AvgIpc) is 2.89. The quantitative estimate of drug-likeness (QED) is 0.641. The standard InChI is InChI=1S/C13H16N4S/c1-2-17(9-11-4-3-7-18-11)12-8-10(13(14)15)5-6-16-12/h3-8H,2,9H2,1H3,(H3,14,15). The van der Waals surface area contributed by atoms with Gasteiger partial charge in [0.2, 0.25) is 0 Å². The Morgan fingerprint density at radius 1 is 1.50 bits per heavy atom. The fraction of sp³-hybridized carbons (Fsp3) is 0.231. The third-order valence-electron chi connectivity index (χ3n) is 2.69. The van der Waals surface area contributed by atoms with E-state index in [1.54, 1.807) is 23.6 Å². The Balaban J connectivity index is 2.21. The zero-order valence-corrected chi connectivity index (χ0v) is 11.1. The van der Waals surface area contributed by atoms with Crippen LogP contribution in [0.15, 0.2) is 35.8 Å². The first-order valence-corrected chi connectivity index (χ1v) is 6.66. The molecule has 3 N–H and O–H groups in total. The molecule has 0 radical (unpaired) electrons. The average molecular weight is 260 g/mol. The van der Waals surface area contributed by atoms with Gasteiger partial charge in [0.25, 0.3) is 0 Å². The maximum absolute atomic E-state index is 7.46. The van der Waals surface area contributed by atoms with Gasteiger partial charge in [-0.25, -0.2) is 4.98 Å². The maximum atomic E-state index is 7.46. The van der Waals surface area contributed by atoms with Crippen LogP contribution in [-0.2, 0) is 6.54 Å². The number of aromatic nitrogens is 1. The van der Waals surface area contributed by atoms with Gasteiger partial charge >= 0.3 is 0 Å². The summed E-state index contributed by atoms with van der Waals surface area (Å²) in [6, 6.07) is 7.78. The predicted octanol–water partition coefficient (Wildman–Crippen LogP) is 2.45. The van der Waals surface area contributed by atoms with Crippen molar-refractivity contribution in [2.75, 3.05) is 11.4 Å². The molecule has 0 aliphatic rings. The van der Waals surface area contributed by atoms with Crippen molar-refractivity contribution in [2.45, 2.75) is 13.5 Å². The molecule has 94 valence electrons. The lowest BCUT2D eigenvalue weighted by molar-refractivity contribution is 0.823. The minimum Gasteiger partial charge on any atom is -0.384 e. The fourth-order valence-electron chi connectivity index (χ4n) is 1.70. The number of anilines is 1. The van der Waals surface area contributed by atoms with Crippen LogP contribution in [0.3, 0.4) is 0 Å². The smallest absolute Gasteiger partial charge is 0.129 e. The molecule has 0 amide bonds. The fourth-order valence-corrected chi connectivity index (χ4v) is 2.42. The molecule has 0 aliphatic heterocycles. The lowest BCUT2D eigenvalue weighted by Gasteiger charge is -2.21. The van der Waals surface area contributed by atoms with E-state index in [0.717, 1.165) is 18.9 Å². The van der Waals surface area contributed by atoms with Crippen molar-refractivity contribution in [1.82, 2.24) is 4.98 Å². The second kappa shape index (κ2) is 5.64. The molecule has 0 saturated carbocycles. The predicted molar refractivity (Wildman–Crippen MR) is 76.3 cm³/mol. The van der Waals surface area contributed by atoms with Crippen molar-refractivity contribution < 1.29 is 0 Å². The van der Waals surface area contributed by atoms with Gasteiger partial charge in [-0.15, -0.1) is 11.3 Å². The second-order valence-electron chi connectivity index (χ2n) is 3.91. The van der Waals surface area contributed by atoms with E-state index in [9.17, 15) is 0 Å². The third kappa shape index (κ3) is 2.87. The lowest BCUT2D eigenvalue weighted by atomic mass is 10.2. The number of nitrogen functional groups attached to an aromatic ring is 1. The van der Waals surface area contributed by atoms with Crippen LogP contribution in [0.1, 0.15) is 17.4 Å². The summed E-state index contributed by atoms with van der Waals surface area (Å²) in [6.07, 6.45) is 1.70. The summed E-state index contributed by atoms with van der Waals surface area (Å²) in [7, 11) is 0. The SMILES string of the molecule is CCN(Cc1cccs1)c1cc(C(=N)N)ccn1. The Labute approximate surface area is 111 Å². The number of hydrogen-bond acceptors (Lipinski definition) is 4. The highest BCUT2D eigenvalue weighted by Crippen LogP contribution is 2.18. The van der Waals surface area contributed by atoms with Crippen LogP contribution in [0.25, 0.3) is 0 Å². The molecule has 18 heavy (non-hydrogen) atoms. The first kappa shape index (κ1) is 12.6. The van der Waals surface area contributed by atoms with Crippen molar-refractivity contribution in [2.24, 2.45) is 5.73 Å². The summed E-state index contributed by atoms with van der Waals surface area (Å²) < 4.78 is 0. The van der Waals surface area contributed by atoms with Crippen molar-refractivity contribution in [3.05, 3.63) is 46.3 Å². The highest BCUT2D eigenvalue weighted by atomic mass is 32.1. The van der Waals surface area contributed by atoms with E-state index in [1.807, 2.05) is 12.1 Å². The number of pyridine rings is 1. The van der Waals surface area contributed by atoms with Crippen LogP contribution in [0.5, 0.6) is 0 Å². The maximum Gasteiger partial charge on any atom is 0.129 e. The summed E-state index contributed by atoms with van der Waals surface area (Å²) in [5.74, 6) is 0.935. The number of amidine groups is 1. The molecular weight excluding hydrogens is 244 g/mol. The van der Waals surface area contributed by atoms with Gasteiger partial charge in [0.05, 0.1) is 6.54 Å². The van der Waals surface area contributed by atoms with Crippen molar-refractivity contribution in [3.8, 4) is 0 Å². The zero-order valence-electron chi connectivity index (χ0n) is 10.3. The summed E-state index contributed by atoms with van der Waals surface area (Å²) in [6.45, 7) is 3.80. The molecule has 4 nitrogen and oxygen atoms in total. The van der Waals surface area contributed by atoms with Crippen LogP contribution in [0.4, 0.5) is 5.82 Å². The molecule has 0 aliphatic carbocycles. The largest absolute Gasteiger partial charge is 0.384 e. The monoisotopic (exact) mass is 260 g/mol. The van der Waals surface area contributed by atoms with Gasteiger partial charge in [0, 0.05) is 23.2 Å². The Morgan fingerprint density at radius 3 is 2.94 bits per heavy atom. The summed E-state index contributed by atoms with van der Waals surface area (Å²) in [4.78, 5) is 7.81. The molecule has 0 saturated heterocycles. The zero-order chi connectivity index (χ0) is 13.0. The van der Waals surface area contributed by atoms with Gasteiger partial charge in [0.1, 0.15) is 11.7 Å². The molecular formula is C13H16N4S. The van der Waals surface area contributed by atoms with E-state index in [4.69, 9.17) is 11.1 Å². The van der Waals surface area contributed by atoms with Gasteiger partial charge in [0.15, 0.2) is 0 Å². The molecule has 5 heteroatoms. The Hall–Kier alpha value is -1.88. The number of nitrogens with two attached hydrogens (primary N) is 1. The topological polar surface area (TPSA) is 66.0 Å². The number of nitrogens with one attached hydrogen (secondary N) is 1. The van der Waals surface area contributed by atoms with E-state index in [1.165, 1.54) is 4.88 Å². The highest BCUT2D eigenvalue weighted by molar-refractivity contribution is 7.09. The lowest BCUT2D eigenvalue weighted by Crippen LogP contribution is -2.23. The number of rotatable bonds is 5. The molecule has 0 atom stereocenters. The summed E-state index contributed by atoms with van der Waals surface area (Å²) >= 11 is 1.74. The van der Waals surface area contributed by atoms with E-state index < -0.39 is 0 Å². The summed E-state index contributed by atoms with van der Waals surface area (Å²) in [5, 5.41) is 9.53. The van der Waals surface area contributed by atoms with Crippen molar-refractivity contribution in [1.29, 1.82) is 5.41 Å². The number of nitrogens with zero attached hydrogens (tertiary/aromatic N) is 2. The molecule has 0 aromatic carbocycles. The molecule has 2 rings (SSSR count). The molecule has 2 aromatic rings. The van der Waals surface area contributed by atoms with Crippen LogP contribution in [0, 0.1) is 5.41 Å². The minimum atomic E-state index is 0.0748. The first-order chi connectivity index (χ1) is 8.70. The Kier molecular flexibility index (Phi) is 3.94. The van der Waals surface area contributed by atoms with E-state index in [-0.39, 0.29) is 5.84 Å². The van der Waals surface area contributed by atoms with Crippen LogP contribution in [-0.4, -0.2) is 17.4 Å². The van der Waals surface area contributed by atoms with Gasteiger partial charge in [-0.3, -0.25) is 5.41 Å². The number of thiophene rings is 1. The van der Waals surface area contributed by atoms with Crippen LogP contribution in [0.2, 0.25) is 0 Å². The normalized spacial score (nSPS) is 10.3. The molecule has 2 heterocycles. The minimum absolute atomic E-state index is 0.0748. The Morgan fingerprint density at radius 2 is 2.33 bits per heavy atom. The van der Waals surface area contributed by atoms with Gasteiger partial charge < -0.3 is 10.6 Å².